The third-order valence-electron chi connectivity index (χ3n) is 4.22. The van der Waals surface area contributed by atoms with Gasteiger partial charge in [0, 0.05) is 55.6 Å². The summed E-state index contributed by atoms with van der Waals surface area (Å²) in [6, 6.07) is 2.35. The standard InChI is InChI=1S/C18H30N6O/c1-12-8-17(20-4)24-18(22-12)23-15-6-7-16(25-5)14(9-15)11-21-10-13(2)19-3/h8-9,13,19,21H,6-7,10-11H2,1-5H3,(H2,20,22,23,24)/t13-/m0/s1. The lowest BCUT2D eigenvalue weighted by molar-refractivity contribution is 0.270. The van der Waals surface area contributed by atoms with Gasteiger partial charge in [0.2, 0.25) is 5.95 Å². The summed E-state index contributed by atoms with van der Waals surface area (Å²) < 4.78 is 5.55. The Bertz CT molecular complexity index is 640. The van der Waals surface area contributed by atoms with E-state index in [0.29, 0.717) is 12.0 Å². The minimum atomic E-state index is 0.428. The summed E-state index contributed by atoms with van der Waals surface area (Å²) in [4.78, 5) is 8.92. The number of rotatable bonds is 9. The van der Waals surface area contributed by atoms with Crippen LogP contribution in [-0.2, 0) is 4.74 Å². The minimum Gasteiger partial charge on any atom is -0.501 e. The fraction of sp³-hybridized carbons (Fsp3) is 0.556. The molecule has 25 heavy (non-hydrogen) atoms. The molecule has 1 aromatic rings. The van der Waals surface area contributed by atoms with Gasteiger partial charge in [-0.2, -0.15) is 4.98 Å². The average Bonchev–Trinajstić information content (AvgIpc) is 2.61. The van der Waals surface area contributed by atoms with Crippen molar-refractivity contribution in [2.75, 3.05) is 44.9 Å². The summed E-state index contributed by atoms with van der Waals surface area (Å²) in [5.41, 5.74) is 3.20. The first-order valence-electron chi connectivity index (χ1n) is 8.70. The van der Waals surface area contributed by atoms with Crippen LogP contribution in [0.25, 0.3) is 0 Å². The molecule has 0 fully saturated rings. The van der Waals surface area contributed by atoms with E-state index in [1.165, 1.54) is 5.57 Å². The molecular weight excluding hydrogens is 316 g/mol. The number of hydrogen-bond donors (Lipinski definition) is 4. The molecule has 138 valence electrons. The molecule has 0 aromatic carbocycles. The maximum Gasteiger partial charge on any atom is 0.229 e. The van der Waals surface area contributed by atoms with Crippen LogP contribution in [0.15, 0.2) is 29.2 Å². The van der Waals surface area contributed by atoms with Crippen LogP contribution in [0, 0.1) is 6.92 Å². The van der Waals surface area contributed by atoms with Crippen LogP contribution in [0.2, 0.25) is 0 Å². The highest BCUT2D eigenvalue weighted by atomic mass is 16.5. The van der Waals surface area contributed by atoms with Crippen molar-refractivity contribution in [2.45, 2.75) is 32.7 Å². The highest BCUT2D eigenvalue weighted by Gasteiger charge is 2.15. The smallest absolute Gasteiger partial charge is 0.229 e. The van der Waals surface area contributed by atoms with E-state index in [2.05, 4.69) is 44.2 Å². The second-order valence-corrected chi connectivity index (χ2v) is 6.24. The normalized spacial score (nSPS) is 15.6. The van der Waals surface area contributed by atoms with E-state index in [9.17, 15) is 0 Å². The molecule has 0 amide bonds. The largest absolute Gasteiger partial charge is 0.501 e. The summed E-state index contributed by atoms with van der Waals surface area (Å²) in [7, 11) is 5.56. The Balaban J connectivity index is 2.08. The molecule has 1 aromatic heterocycles. The topological polar surface area (TPSA) is 83.1 Å². The van der Waals surface area contributed by atoms with Crippen LogP contribution < -0.4 is 21.3 Å². The van der Waals surface area contributed by atoms with E-state index in [4.69, 9.17) is 4.74 Å². The van der Waals surface area contributed by atoms with Crippen LogP contribution >= 0.6 is 0 Å². The Morgan fingerprint density at radius 1 is 1.24 bits per heavy atom. The first-order valence-corrected chi connectivity index (χ1v) is 8.70. The summed E-state index contributed by atoms with van der Waals surface area (Å²) in [5, 5.41) is 13.1. The number of ether oxygens (including phenoxy) is 1. The average molecular weight is 346 g/mol. The molecule has 0 aliphatic heterocycles. The number of aromatic nitrogens is 2. The van der Waals surface area contributed by atoms with Gasteiger partial charge in [-0.3, -0.25) is 0 Å². The molecule has 0 saturated carbocycles. The fourth-order valence-electron chi connectivity index (χ4n) is 2.67. The van der Waals surface area contributed by atoms with Gasteiger partial charge in [0.25, 0.3) is 0 Å². The van der Waals surface area contributed by atoms with Crippen LogP contribution in [0.4, 0.5) is 11.8 Å². The molecule has 0 unspecified atom stereocenters. The van der Waals surface area contributed by atoms with Crippen LogP contribution in [0.5, 0.6) is 0 Å². The lowest BCUT2D eigenvalue weighted by Gasteiger charge is -2.21. The summed E-state index contributed by atoms with van der Waals surface area (Å²) in [6.07, 6.45) is 3.90. The Morgan fingerprint density at radius 3 is 2.72 bits per heavy atom. The molecule has 2 rings (SSSR count). The molecule has 7 heteroatoms. The molecule has 1 atom stereocenters. The second kappa shape index (κ2) is 9.39. The molecule has 1 aliphatic carbocycles. The monoisotopic (exact) mass is 346 g/mol. The number of nitrogens with zero attached hydrogens (tertiary/aromatic N) is 2. The van der Waals surface area contributed by atoms with Gasteiger partial charge in [0.15, 0.2) is 0 Å². The molecule has 7 nitrogen and oxygen atoms in total. The first kappa shape index (κ1) is 19.2. The lowest BCUT2D eigenvalue weighted by atomic mass is 10.0. The number of aryl methyl sites for hydroxylation is 1. The zero-order chi connectivity index (χ0) is 18.2. The van der Waals surface area contributed by atoms with Crippen molar-refractivity contribution in [3.05, 3.63) is 34.9 Å². The van der Waals surface area contributed by atoms with Gasteiger partial charge in [0.1, 0.15) is 11.6 Å². The number of hydrogen-bond acceptors (Lipinski definition) is 7. The van der Waals surface area contributed by atoms with Crippen molar-refractivity contribution < 1.29 is 4.74 Å². The number of methoxy groups -OCH3 is 1. The lowest BCUT2D eigenvalue weighted by Crippen LogP contribution is -2.35. The van der Waals surface area contributed by atoms with Gasteiger partial charge in [0.05, 0.1) is 7.11 Å². The Labute approximate surface area is 150 Å². The highest BCUT2D eigenvalue weighted by molar-refractivity contribution is 5.46. The first-order chi connectivity index (χ1) is 12.0. The molecule has 0 saturated heterocycles. The Morgan fingerprint density at radius 2 is 2.04 bits per heavy atom. The fourth-order valence-corrected chi connectivity index (χ4v) is 2.67. The highest BCUT2D eigenvalue weighted by Crippen LogP contribution is 2.25. The minimum absolute atomic E-state index is 0.428. The SMILES string of the molecule is CNc1cc(C)nc(NC2=CC(CNC[C@H](C)NC)=C(OC)CC2)n1. The summed E-state index contributed by atoms with van der Waals surface area (Å²) in [5.74, 6) is 2.46. The quantitative estimate of drug-likeness (QED) is 0.544. The maximum atomic E-state index is 5.55. The van der Waals surface area contributed by atoms with Crippen LogP contribution in [0.1, 0.15) is 25.5 Å². The van der Waals surface area contributed by atoms with E-state index >= 15 is 0 Å². The van der Waals surface area contributed by atoms with Crippen molar-refractivity contribution >= 4 is 11.8 Å². The number of allylic oxidation sites excluding steroid dienone is 2. The van der Waals surface area contributed by atoms with Crippen molar-refractivity contribution in [3.8, 4) is 0 Å². The molecular formula is C18H30N6O. The molecule has 0 radical (unpaired) electrons. The Kier molecular flexibility index (Phi) is 7.21. The maximum absolute atomic E-state index is 5.55. The number of nitrogens with one attached hydrogen (secondary N) is 4. The van der Waals surface area contributed by atoms with Crippen LogP contribution in [-0.4, -0.2) is 50.3 Å². The summed E-state index contributed by atoms with van der Waals surface area (Å²) in [6.45, 7) is 5.79. The van der Waals surface area contributed by atoms with Gasteiger partial charge in [-0.05, 0) is 33.4 Å². The Hall–Kier alpha value is -2.12. The second-order valence-electron chi connectivity index (χ2n) is 6.24. The molecule has 4 N–H and O–H groups in total. The van der Waals surface area contributed by atoms with E-state index in [-0.39, 0.29) is 0 Å². The molecule has 0 spiro atoms. The predicted molar refractivity (Wildman–Crippen MR) is 103 cm³/mol. The van der Waals surface area contributed by atoms with Crippen molar-refractivity contribution in [3.63, 3.8) is 0 Å². The van der Waals surface area contributed by atoms with Gasteiger partial charge < -0.3 is 26.0 Å². The third kappa shape index (κ3) is 5.72. The van der Waals surface area contributed by atoms with Gasteiger partial charge in [-0.1, -0.05) is 0 Å². The van der Waals surface area contributed by atoms with E-state index in [1.807, 2.05) is 27.1 Å². The zero-order valence-corrected chi connectivity index (χ0v) is 15.9. The van der Waals surface area contributed by atoms with Crippen molar-refractivity contribution in [2.24, 2.45) is 0 Å². The number of likely N-dealkylation sites (N-methyl/N-ethyl adjacent to an activating group) is 1. The zero-order valence-electron chi connectivity index (χ0n) is 15.9. The van der Waals surface area contributed by atoms with Gasteiger partial charge in [-0.25, -0.2) is 4.98 Å². The van der Waals surface area contributed by atoms with Crippen LogP contribution in [0.3, 0.4) is 0 Å². The summed E-state index contributed by atoms with van der Waals surface area (Å²) >= 11 is 0. The van der Waals surface area contributed by atoms with E-state index in [1.54, 1.807) is 7.11 Å². The number of anilines is 2. The predicted octanol–water partition coefficient (Wildman–Crippen LogP) is 2.01. The van der Waals surface area contributed by atoms with Gasteiger partial charge >= 0.3 is 0 Å². The molecule has 1 aliphatic rings. The van der Waals surface area contributed by atoms with Crippen molar-refractivity contribution in [1.29, 1.82) is 0 Å². The van der Waals surface area contributed by atoms with Gasteiger partial charge in [-0.15, -0.1) is 0 Å². The molecule has 1 heterocycles. The third-order valence-corrected chi connectivity index (χ3v) is 4.22. The molecule has 0 bridgehead atoms. The van der Waals surface area contributed by atoms with E-state index < -0.39 is 0 Å². The van der Waals surface area contributed by atoms with Crippen molar-refractivity contribution in [1.82, 2.24) is 20.6 Å². The van der Waals surface area contributed by atoms with E-state index in [0.717, 1.165) is 48.9 Å².